The van der Waals surface area contributed by atoms with Crippen LogP contribution in [0.4, 0.5) is 0 Å². The number of hydrogen-bond acceptors (Lipinski definition) is 3. The quantitative estimate of drug-likeness (QED) is 0.128. The summed E-state index contributed by atoms with van der Waals surface area (Å²) in [7, 11) is 0. The van der Waals surface area contributed by atoms with Crippen LogP contribution in [0.25, 0.3) is 137 Å². The summed E-state index contributed by atoms with van der Waals surface area (Å²) in [5, 5.41) is 11.7. The molecule has 14 aromatic rings. The lowest BCUT2D eigenvalue weighted by Crippen LogP contribution is -2.19. The van der Waals surface area contributed by atoms with E-state index in [0.29, 0.717) is 5.39 Å². The van der Waals surface area contributed by atoms with Crippen LogP contribution < -0.4 is 5.56 Å². The third kappa shape index (κ3) is 5.63. The molecular weight excluding hydrogens is 819 g/mol. The monoisotopic (exact) mass is 855 g/mol. The molecule has 0 spiro atoms. The van der Waals surface area contributed by atoms with Crippen molar-refractivity contribution in [3.05, 3.63) is 235 Å². The molecule has 0 fully saturated rings. The van der Waals surface area contributed by atoms with Crippen molar-refractivity contribution in [2.75, 3.05) is 0 Å². The topological polar surface area (TPSA) is 48.3 Å². The van der Waals surface area contributed by atoms with Crippen molar-refractivity contribution in [3.8, 4) is 50.2 Å². The van der Waals surface area contributed by atoms with Gasteiger partial charge in [-0.05, 0) is 115 Å². The van der Waals surface area contributed by atoms with Crippen LogP contribution in [0.5, 0.6) is 0 Å². The number of pyridine rings is 1. The fourth-order valence-corrected chi connectivity index (χ4v) is 10.8. The number of benzene rings is 11. The van der Waals surface area contributed by atoms with Crippen LogP contribution in [0.3, 0.4) is 0 Å². The summed E-state index contributed by atoms with van der Waals surface area (Å²) < 4.78 is 15.2. The highest BCUT2D eigenvalue weighted by molar-refractivity contribution is 6.22. The molecule has 67 heavy (non-hydrogen) atoms. The summed E-state index contributed by atoms with van der Waals surface area (Å²) in [5.74, 6) is 0. The smallest absolute Gasteiger partial charge is 0.263 e. The molecule has 3 heterocycles. The predicted octanol–water partition coefficient (Wildman–Crippen LogP) is 16.9. The predicted molar refractivity (Wildman–Crippen MR) is 278 cm³/mol. The molecule has 0 radical (unpaired) electrons. The van der Waals surface area contributed by atoms with E-state index in [1.54, 1.807) is 0 Å². The first kappa shape index (κ1) is 37.4. The van der Waals surface area contributed by atoms with E-state index >= 15 is 0 Å². The van der Waals surface area contributed by atoms with Gasteiger partial charge in [0.25, 0.3) is 5.56 Å². The molecule has 0 amide bonds. The lowest BCUT2D eigenvalue weighted by atomic mass is 9.84. The maximum Gasteiger partial charge on any atom is 0.263 e. The molecule has 3 aromatic heterocycles. The Kier molecular flexibility index (Phi) is 8.10. The lowest BCUT2D eigenvalue weighted by Gasteiger charge is -2.19. The van der Waals surface area contributed by atoms with Gasteiger partial charge in [0.05, 0.1) is 5.52 Å². The second-order valence-corrected chi connectivity index (χ2v) is 17.5. The van der Waals surface area contributed by atoms with Crippen LogP contribution in [0, 0.1) is 0 Å². The molecule has 4 nitrogen and oxygen atoms in total. The van der Waals surface area contributed by atoms with E-state index in [1.807, 2.05) is 71.3 Å². The average molecular weight is 856 g/mol. The molecule has 0 aliphatic rings. The Morgan fingerprint density at radius 2 is 0.701 bits per heavy atom. The standard InChI is InChI=1S/C63H37NO3/c65-63-55-23-6-1-15-45(55)46-16-7-10-28-56(46)64(63)42-33-31-38(32-34-42)59-49-19-2-4-21-51(49)60(52-22-5-3-20-50(52)59)41-36-39(43-24-13-26-53-47-17-8-11-29-57(47)66-61(43)53)35-40(37-41)44-25-14-27-54-48-18-9-12-30-58(48)67-62(44)54/h1-37H. The van der Waals surface area contributed by atoms with Gasteiger partial charge in [-0.3, -0.25) is 9.36 Å². The van der Waals surface area contributed by atoms with Crippen molar-refractivity contribution in [1.29, 1.82) is 0 Å². The van der Waals surface area contributed by atoms with Crippen LogP contribution in [0.2, 0.25) is 0 Å². The van der Waals surface area contributed by atoms with Crippen molar-refractivity contribution < 1.29 is 8.83 Å². The molecule has 0 unspecified atom stereocenters. The first-order valence-corrected chi connectivity index (χ1v) is 22.7. The fourth-order valence-electron chi connectivity index (χ4n) is 10.8. The van der Waals surface area contributed by atoms with Gasteiger partial charge in [0.2, 0.25) is 0 Å². The number of nitrogens with zero attached hydrogens (tertiary/aromatic N) is 1. The highest BCUT2D eigenvalue weighted by Crippen LogP contribution is 2.47. The second kappa shape index (κ2) is 14.5. The molecule has 0 saturated carbocycles. The van der Waals surface area contributed by atoms with Crippen LogP contribution in [0.15, 0.2) is 238 Å². The molecule has 0 aliphatic carbocycles. The van der Waals surface area contributed by atoms with Crippen molar-refractivity contribution in [2.24, 2.45) is 0 Å². The Morgan fingerprint density at radius 1 is 0.299 bits per heavy atom. The highest BCUT2D eigenvalue weighted by atomic mass is 16.3. The van der Waals surface area contributed by atoms with Crippen molar-refractivity contribution in [3.63, 3.8) is 0 Å². The van der Waals surface area contributed by atoms with Crippen LogP contribution in [-0.2, 0) is 0 Å². The minimum Gasteiger partial charge on any atom is -0.455 e. The fraction of sp³-hybridized carbons (Fsp3) is 0. The molecule has 0 saturated heterocycles. The minimum atomic E-state index is -0.0305. The number of furan rings is 2. The summed E-state index contributed by atoms with van der Waals surface area (Å²) in [5.41, 5.74) is 13.7. The number of rotatable bonds is 5. The third-order valence-electron chi connectivity index (χ3n) is 13.8. The molecule has 312 valence electrons. The minimum absolute atomic E-state index is 0.0305. The van der Waals surface area contributed by atoms with Gasteiger partial charge in [-0.25, -0.2) is 0 Å². The van der Waals surface area contributed by atoms with E-state index in [-0.39, 0.29) is 5.56 Å². The van der Waals surface area contributed by atoms with Gasteiger partial charge in [0.15, 0.2) is 0 Å². The number of hydrogen-bond donors (Lipinski definition) is 0. The molecule has 4 heteroatoms. The second-order valence-electron chi connectivity index (χ2n) is 17.5. The van der Waals surface area contributed by atoms with Crippen LogP contribution in [0.1, 0.15) is 0 Å². The molecule has 0 bridgehead atoms. The normalized spacial score (nSPS) is 11.9. The largest absolute Gasteiger partial charge is 0.455 e. The first-order chi connectivity index (χ1) is 33.2. The summed E-state index contributed by atoms with van der Waals surface area (Å²) >= 11 is 0. The molecule has 14 rings (SSSR count). The van der Waals surface area contributed by atoms with Gasteiger partial charge in [-0.15, -0.1) is 0 Å². The zero-order valence-electron chi connectivity index (χ0n) is 36.0. The SMILES string of the molecule is O=c1c2ccccc2c2ccccc2n1-c1ccc(-c2c3ccccc3c(-c3cc(-c4cccc5c4oc4ccccc45)cc(-c4cccc5c4oc4ccccc45)c3)c3ccccc23)cc1. The third-order valence-corrected chi connectivity index (χ3v) is 13.8. The van der Waals surface area contributed by atoms with Crippen molar-refractivity contribution in [2.45, 2.75) is 0 Å². The summed E-state index contributed by atoms with van der Waals surface area (Å²) in [6, 6.07) is 78.5. The van der Waals surface area contributed by atoms with Gasteiger partial charge in [0.1, 0.15) is 22.3 Å². The van der Waals surface area contributed by atoms with Crippen LogP contribution >= 0.6 is 0 Å². The van der Waals surface area contributed by atoms with Gasteiger partial charge < -0.3 is 8.83 Å². The molecule has 0 N–H and O–H groups in total. The molecule has 0 aliphatic heterocycles. The van der Waals surface area contributed by atoms with E-state index < -0.39 is 0 Å². The Balaban J connectivity index is 1.01. The van der Waals surface area contributed by atoms with E-state index in [2.05, 4.69) is 158 Å². The Bertz CT molecular complexity index is 4230. The molecule has 0 atom stereocenters. The Morgan fingerprint density at radius 3 is 1.24 bits per heavy atom. The number of fused-ring (bicyclic) bond motifs is 11. The van der Waals surface area contributed by atoms with E-state index in [4.69, 9.17) is 8.83 Å². The number of para-hydroxylation sites is 5. The van der Waals surface area contributed by atoms with Crippen molar-refractivity contribution >= 4 is 87.1 Å². The maximum atomic E-state index is 14.2. The summed E-state index contributed by atoms with van der Waals surface area (Å²) in [6.07, 6.45) is 0. The van der Waals surface area contributed by atoms with Crippen molar-refractivity contribution in [1.82, 2.24) is 4.57 Å². The molecule has 11 aromatic carbocycles. The zero-order valence-corrected chi connectivity index (χ0v) is 36.0. The first-order valence-electron chi connectivity index (χ1n) is 22.7. The highest BCUT2D eigenvalue weighted by Gasteiger charge is 2.22. The molecular formula is C63H37NO3. The zero-order chi connectivity index (χ0) is 44.2. The van der Waals surface area contributed by atoms with E-state index in [1.165, 1.54) is 0 Å². The van der Waals surface area contributed by atoms with E-state index in [0.717, 1.165) is 132 Å². The Labute approximate surface area is 383 Å². The Hall–Kier alpha value is -8.99. The van der Waals surface area contributed by atoms with Gasteiger partial charge >= 0.3 is 0 Å². The van der Waals surface area contributed by atoms with Gasteiger partial charge in [0, 0.05) is 49.1 Å². The maximum absolute atomic E-state index is 14.2. The van der Waals surface area contributed by atoms with E-state index in [9.17, 15) is 4.79 Å². The summed E-state index contributed by atoms with van der Waals surface area (Å²) in [6.45, 7) is 0. The summed E-state index contributed by atoms with van der Waals surface area (Å²) in [4.78, 5) is 14.2. The van der Waals surface area contributed by atoms with Gasteiger partial charge in [-0.1, -0.05) is 170 Å². The van der Waals surface area contributed by atoms with Gasteiger partial charge in [-0.2, -0.15) is 0 Å². The number of aromatic nitrogens is 1. The lowest BCUT2D eigenvalue weighted by molar-refractivity contribution is 0.670. The van der Waals surface area contributed by atoms with Crippen LogP contribution in [-0.4, -0.2) is 4.57 Å². The average Bonchev–Trinajstić information content (AvgIpc) is 3.97.